The Bertz CT molecular complexity index is 1920. The van der Waals surface area contributed by atoms with E-state index < -0.39 is 0 Å². The number of hydrogen-bond acceptors (Lipinski definition) is 2. The number of fused-ring (bicyclic) bond motifs is 5. The number of aromatic nitrogens is 2. The number of pyridine rings is 2. The van der Waals surface area contributed by atoms with E-state index in [0.717, 1.165) is 12.1 Å². The van der Waals surface area contributed by atoms with Crippen molar-refractivity contribution < 1.29 is 4.57 Å². The predicted molar refractivity (Wildman–Crippen MR) is 156 cm³/mol. The molecule has 3 heteroatoms. The van der Waals surface area contributed by atoms with E-state index >= 15 is 0 Å². The highest BCUT2D eigenvalue weighted by Crippen LogP contribution is 2.44. The van der Waals surface area contributed by atoms with Crippen molar-refractivity contribution in [3.63, 3.8) is 0 Å². The van der Waals surface area contributed by atoms with Crippen LogP contribution in [0.1, 0.15) is 11.1 Å². The average molecular weight is 494 g/mol. The molecule has 4 aromatic carbocycles. The maximum atomic E-state index is 4.83. The maximum absolute atomic E-state index is 4.83. The monoisotopic (exact) mass is 493 g/mol. The van der Waals surface area contributed by atoms with Gasteiger partial charge in [-0.25, -0.2) is 4.57 Å². The summed E-state index contributed by atoms with van der Waals surface area (Å²) in [5, 5.41) is 5.22. The molecule has 3 heterocycles. The van der Waals surface area contributed by atoms with Gasteiger partial charge in [0.25, 0.3) is 0 Å². The second kappa shape index (κ2) is 8.95. The van der Waals surface area contributed by atoms with E-state index in [9.17, 15) is 0 Å². The molecule has 0 saturated carbocycles. The number of hydrogen-bond donors (Lipinski definition) is 0. The first kappa shape index (κ1) is 21.9. The molecule has 0 amide bonds. The van der Waals surface area contributed by atoms with E-state index in [2.05, 4.69) is 121 Å². The largest absolute Gasteiger partial charge is 0.256 e. The first-order chi connectivity index (χ1) is 18.3. The smallest absolute Gasteiger partial charge is 0.212 e. The Morgan fingerprint density at radius 2 is 1.43 bits per heavy atom. The molecule has 7 rings (SSSR count). The summed E-state index contributed by atoms with van der Waals surface area (Å²) in [5.41, 5.74) is 7.37. The Labute approximate surface area is 220 Å². The summed E-state index contributed by atoms with van der Waals surface area (Å²) >= 11 is 1.90. The van der Waals surface area contributed by atoms with Gasteiger partial charge in [0.15, 0.2) is 6.20 Å². The molecule has 0 spiro atoms. The SMILES string of the molecule is C[n+]1ccccc1-c1ccccc1Cc1ccc2c(sc3c4ccccc4ccc23)c1-c1ccccn1. The highest BCUT2D eigenvalue weighted by atomic mass is 32.1. The summed E-state index contributed by atoms with van der Waals surface area (Å²) in [6.07, 6.45) is 4.85. The van der Waals surface area contributed by atoms with Crippen LogP contribution in [0, 0.1) is 0 Å². The minimum atomic E-state index is 0.835. The maximum Gasteiger partial charge on any atom is 0.212 e. The molecule has 176 valence electrons. The Morgan fingerprint density at radius 1 is 0.649 bits per heavy atom. The fraction of sp³-hybridized carbons (Fsp3) is 0.0588. The number of rotatable bonds is 4. The molecule has 0 N–H and O–H groups in total. The van der Waals surface area contributed by atoms with Crippen LogP contribution in [0.4, 0.5) is 0 Å². The minimum Gasteiger partial charge on any atom is -0.256 e. The summed E-state index contributed by atoms with van der Waals surface area (Å²) in [6, 6.07) is 39.2. The number of aryl methyl sites for hydroxylation is 1. The van der Waals surface area contributed by atoms with E-state index in [1.807, 2.05) is 23.6 Å². The zero-order valence-electron chi connectivity index (χ0n) is 20.6. The van der Waals surface area contributed by atoms with Gasteiger partial charge in [-0.15, -0.1) is 11.3 Å². The molecule has 7 aromatic rings. The lowest BCUT2D eigenvalue weighted by Crippen LogP contribution is -2.30. The second-order valence-corrected chi connectivity index (χ2v) is 10.5. The average Bonchev–Trinajstić information content (AvgIpc) is 3.33. The van der Waals surface area contributed by atoms with Gasteiger partial charge in [-0.05, 0) is 52.6 Å². The molecule has 0 aliphatic carbocycles. The van der Waals surface area contributed by atoms with Crippen LogP contribution in [0.15, 0.2) is 122 Å². The van der Waals surface area contributed by atoms with E-state index in [1.54, 1.807) is 0 Å². The molecule has 0 fully saturated rings. The van der Waals surface area contributed by atoms with Crippen LogP contribution in [0.3, 0.4) is 0 Å². The van der Waals surface area contributed by atoms with Crippen molar-refractivity contribution >= 4 is 42.3 Å². The first-order valence-corrected chi connectivity index (χ1v) is 13.4. The van der Waals surface area contributed by atoms with Crippen LogP contribution < -0.4 is 4.57 Å². The number of nitrogens with zero attached hydrogens (tertiary/aromatic N) is 2. The van der Waals surface area contributed by atoms with Gasteiger partial charge < -0.3 is 0 Å². The molecule has 0 atom stereocenters. The van der Waals surface area contributed by atoms with Crippen molar-refractivity contribution in [1.82, 2.24) is 4.98 Å². The molecule has 2 nitrogen and oxygen atoms in total. The molecule has 37 heavy (non-hydrogen) atoms. The van der Waals surface area contributed by atoms with Crippen molar-refractivity contribution in [2.75, 3.05) is 0 Å². The van der Waals surface area contributed by atoms with Crippen molar-refractivity contribution in [2.45, 2.75) is 6.42 Å². The summed E-state index contributed by atoms with van der Waals surface area (Å²) in [7, 11) is 2.11. The Morgan fingerprint density at radius 3 is 2.32 bits per heavy atom. The molecule has 0 radical (unpaired) electrons. The highest BCUT2D eigenvalue weighted by Gasteiger charge is 2.19. The van der Waals surface area contributed by atoms with E-state index in [0.29, 0.717) is 0 Å². The van der Waals surface area contributed by atoms with Crippen LogP contribution in [0.25, 0.3) is 53.5 Å². The van der Waals surface area contributed by atoms with Gasteiger partial charge in [0.05, 0.1) is 5.69 Å². The second-order valence-electron chi connectivity index (χ2n) is 9.49. The van der Waals surface area contributed by atoms with Gasteiger partial charge in [-0.2, -0.15) is 0 Å². The topological polar surface area (TPSA) is 16.8 Å². The molecule has 0 bridgehead atoms. The van der Waals surface area contributed by atoms with Gasteiger partial charge in [0.1, 0.15) is 7.05 Å². The number of benzene rings is 4. The van der Waals surface area contributed by atoms with Crippen molar-refractivity contribution in [1.29, 1.82) is 0 Å². The highest BCUT2D eigenvalue weighted by molar-refractivity contribution is 7.27. The third-order valence-corrected chi connectivity index (χ3v) is 8.54. The molecular weight excluding hydrogens is 468 g/mol. The first-order valence-electron chi connectivity index (χ1n) is 12.6. The lowest BCUT2D eigenvalue weighted by atomic mass is 9.92. The van der Waals surface area contributed by atoms with E-state index in [4.69, 9.17) is 4.98 Å². The van der Waals surface area contributed by atoms with Gasteiger partial charge >= 0.3 is 0 Å². The van der Waals surface area contributed by atoms with Crippen LogP contribution in [-0.4, -0.2) is 4.98 Å². The molecule has 0 unspecified atom stereocenters. The normalized spacial score (nSPS) is 11.5. The van der Waals surface area contributed by atoms with Gasteiger partial charge in [0, 0.05) is 49.6 Å². The van der Waals surface area contributed by atoms with Crippen LogP contribution in [0.5, 0.6) is 0 Å². The lowest BCUT2D eigenvalue weighted by Gasteiger charge is -2.13. The Hall–Kier alpha value is -4.34. The van der Waals surface area contributed by atoms with Gasteiger partial charge in [-0.1, -0.05) is 72.8 Å². The zero-order valence-corrected chi connectivity index (χ0v) is 21.4. The fourth-order valence-corrected chi connectivity index (χ4v) is 6.89. The number of thiophene rings is 1. The van der Waals surface area contributed by atoms with Gasteiger partial charge in [0.2, 0.25) is 5.69 Å². The fourth-order valence-electron chi connectivity index (χ4n) is 5.48. The Balaban J connectivity index is 1.48. The molecular formula is C34H25N2S+. The zero-order chi connectivity index (χ0) is 24.8. The quantitative estimate of drug-likeness (QED) is 0.225. The van der Waals surface area contributed by atoms with Crippen LogP contribution >= 0.6 is 11.3 Å². The van der Waals surface area contributed by atoms with E-state index in [1.165, 1.54) is 58.9 Å². The van der Waals surface area contributed by atoms with Gasteiger partial charge in [-0.3, -0.25) is 4.98 Å². The van der Waals surface area contributed by atoms with E-state index in [-0.39, 0.29) is 0 Å². The Kier molecular flexibility index (Phi) is 5.30. The molecule has 0 aliphatic heterocycles. The third kappa shape index (κ3) is 3.71. The van der Waals surface area contributed by atoms with Crippen LogP contribution in [0.2, 0.25) is 0 Å². The summed E-state index contributed by atoms with van der Waals surface area (Å²) < 4.78 is 4.85. The standard InChI is InChI=1S/C34H25N2S/c1-36-21-9-7-15-31(36)26-12-4-3-11-24(26)22-25-17-19-29-28-18-16-23-10-2-5-13-27(23)33(28)37-34(29)32(25)30-14-6-8-20-35-30/h2-21H,22H2,1H3/q+1. The lowest BCUT2D eigenvalue weighted by molar-refractivity contribution is -0.660. The molecule has 3 aromatic heterocycles. The minimum absolute atomic E-state index is 0.835. The molecule has 0 aliphatic rings. The van der Waals surface area contributed by atoms with Crippen molar-refractivity contribution in [3.05, 3.63) is 133 Å². The third-order valence-electron chi connectivity index (χ3n) is 7.27. The summed E-state index contributed by atoms with van der Waals surface area (Å²) in [4.78, 5) is 4.83. The van der Waals surface area contributed by atoms with Crippen molar-refractivity contribution in [2.24, 2.45) is 7.05 Å². The summed E-state index contributed by atoms with van der Waals surface area (Å²) in [6.45, 7) is 0. The summed E-state index contributed by atoms with van der Waals surface area (Å²) in [5.74, 6) is 0. The van der Waals surface area contributed by atoms with Crippen LogP contribution in [-0.2, 0) is 13.5 Å². The molecule has 0 saturated heterocycles. The van der Waals surface area contributed by atoms with Crippen molar-refractivity contribution in [3.8, 4) is 22.5 Å². The predicted octanol–water partition coefficient (Wildman–Crippen LogP) is 8.35.